The number of likely N-dealkylation sites (N-methyl/N-ethyl adjacent to an activating group) is 1. The average Bonchev–Trinajstić information content (AvgIpc) is 3.06. The molecule has 3 aromatic rings. The first-order chi connectivity index (χ1) is 12.6. The van der Waals surface area contributed by atoms with E-state index in [2.05, 4.69) is 22.5 Å². The summed E-state index contributed by atoms with van der Waals surface area (Å²) in [7, 11) is 3.97. The normalized spacial score (nSPS) is 10.9. The highest BCUT2D eigenvalue weighted by molar-refractivity contribution is 5.82. The molecule has 0 bridgehead atoms. The van der Waals surface area contributed by atoms with Crippen LogP contribution >= 0.6 is 0 Å². The van der Waals surface area contributed by atoms with Gasteiger partial charge in [0, 0.05) is 24.2 Å². The summed E-state index contributed by atoms with van der Waals surface area (Å²) >= 11 is 0. The Morgan fingerprint density at radius 3 is 2.23 bits per heavy atom. The van der Waals surface area contributed by atoms with E-state index in [9.17, 15) is 4.79 Å². The fraction of sp³-hybridized carbons (Fsp3) is 0.238. The fourth-order valence-electron chi connectivity index (χ4n) is 2.85. The van der Waals surface area contributed by atoms with Crippen molar-refractivity contribution in [2.75, 3.05) is 27.2 Å². The molecule has 0 aliphatic carbocycles. The monoisotopic (exact) mass is 348 g/mol. The third kappa shape index (κ3) is 4.37. The summed E-state index contributed by atoms with van der Waals surface area (Å²) in [5, 5.41) is 7.45. The van der Waals surface area contributed by atoms with Gasteiger partial charge in [0.2, 0.25) is 5.91 Å². The van der Waals surface area contributed by atoms with Crippen molar-refractivity contribution < 1.29 is 4.79 Å². The van der Waals surface area contributed by atoms with Gasteiger partial charge in [0.25, 0.3) is 0 Å². The number of nitrogens with zero attached hydrogens (tertiary/aromatic N) is 3. The molecule has 0 fully saturated rings. The maximum Gasteiger partial charge on any atom is 0.241 e. The Morgan fingerprint density at radius 2 is 1.62 bits per heavy atom. The summed E-state index contributed by atoms with van der Waals surface area (Å²) < 4.78 is 1.78. The van der Waals surface area contributed by atoms with Crippen LogP contribution in [0, 0.1) is 0 Å². The molecule has 0 spiro atoms. The van der Waals surface area contributed by atoms with Crippen molar-refractivity contribution in [1.82, 2.24) is 20.0 Å². The van der Waals surface area contributed by atoms with E-state index in [0.29, 0.717) is 6.54 Å². The smallest absolute Gasteiger partial charge is 0.241 e. The summed E-state index contributed by atoms with van der Waals surface area (Å²) in [6.45, 7) is 1.63. The molecule has 2 aromatic carbocycles. The third-order valence-electron chi connectivity index (χ3n) is 4.15. The molecule has 0 atom stereocenters. The maximum absolute atomic E-state index is 12.3. The van der Waals surface area contributed by atoms with Crippen LogP contribution in [0.15, 0.2) is 66.9 Å². The summed E-state index contributed by atoms with van der Waals surface area (Å²) in [5.41, 5.74) is 4.12. The molecule has 0 aliphatic heterocycles. The molecule has 1 aromatic heterocycles. The second-order valence-corrected chi connectivity index (χ2v) is 6.45. The molecular formula is C21H24N4O. The van der Waals surface area contributed by atoms with Gasteiger partial charge in [-0.3, -0.25) is 9.48 Å². The van der Waals surface area contributed by atoms with Gasteiger partial charge in [0.05, 0.1) is 11.9 Å². The Labute approximate surface area is 154 Å². The van der Waals surface area contributed by atoms with Gasteiger partial charge in [-0.25, -0.2) is 0 Å². The zero-order valence-electron chi connectivity index (χ0n) is 15.2. The summed E-state index contributed by atoms with van der Waals surface area (Å²) in [6, 6.07) is 20.2. The number of nitrogens with one attached hydrogen (secondary N) is 1. The van der Waals surface area contributed by atoms with E-state index in [1.165, 1.54) is 0 Å². The van der Waals surface area contributed by atoms with Crippen molar-refractivity contribution in [3.63, 3.8) is 0 Å². The number of amides is 1. The maximum atomic E-state index is 12.3. The number of aromatic nitrogens is 2. The number of hydrogen-bond acceptors (Lipinski definition) is 3. The first-order valence-electron chi connectivity index (χ1n) is 8.73. The SMILES string of the molecule is CN(C)CCNC(=O)Cn1ncc(-c2ccccc2)c1-c1ccccc1. The molecule has 0 unspecified atom stereocenters. The fourth-order valence-corrected chi connectivity index (χ4v) is 2.85. The van der Waals surface area contributed by atoms with Crippen LogP contribution in [-0.4, -0.2) is 47.8 Å². The minimum absolute atomic E-state index is 0.0354. The highest BCUT2D eigenvalue weighted by atomic mass is 16.2. The lowest BCUT2D eigenvalue weighted by Crippen LogP contribution is -2.33. The number of rotatable bonds is 7. The summed E-state index contributed by atoms with van der Waals surface area (Å²) in [6.07, 6.45) is 1.84. The van der Waals surface area contributed by atoms with Crippen LogP contribution in [0.25, 0.3) is 22.4 Å². The summed E-state index contributed by atoms with van der Waals surface area (Å²) in [5.74, 6) is -0.0354. The zero-order chi connectivity index (χ0) is 18.4. The molecule has 26 heavy (non-hydrogen) atoms. The van der Waals surface area contributed by atoms with Crippen LogP contribution in [-0.2, 0) is 11.3 Å². The number of carbonyl (C=O) groups is 1. The van der Waals surface area contributed by atoms with Crippen LogP contribution < -0.4 is 5.32 Å². The van der Waals surface area contributed by atoms with Gasteiger partial charge in [0.1, 0.15) is 6.54 Å². The molecular weight excluding hydrogens is 324 g/mol. The van der Waals surface area contributed by atoms with Crippen LogP contribution in [0.5, 0.6) is 0 Å². The lowest BCUT2D eigenvalue weighted by molar-refractivity contribution is -0.121. The van der Waals surface area contributed by atoms with E-state index in [0.717, 1.165) is 28.9 Å². The van der Waals surface area contributed by atoms with Crippen molar-refractivity contribution in [2.24, 2.45) is 0 Å². The molecule has 0 saturated carbocycles. The van der Waals surface area contributed by atoms with Gasteiger partial charge >= 0.3 is 0 Å². The average molecular weight is 348 g/mol. The second kappa shape index (κ2) is 8.45. The minimum atomic E-state index is -0.0354. The molecule has 5 heteroatoms. The molecule has 1 heterocycles. The lowest BCUT2D eigenvalue weighted by atomic mass is 10.0. The van der Waals surface area contributed by atoms with Crippen LogP contribution in [0.1, 0.15) is 0 Å². The van der Waals surface area contributed by atoms with E-state index in [1.54, 1.807) is 4.68 Å². The number of benzene rings is 2. The molecule has 0 radical (unpaired) electrons. The van der Waals surface area contributed by atoms with E-state index < -0.39 is 0 Å². The zero-order valence-corrected chi connectivity index (χ0v) is 15.2. The van der Waals surface area contributed by atoms with E-state index in [4.69, 9.17) is 0 Å². The van der Waals surface area contributed by atoms with Gasteiger partial charge < -0.3 is 10.2 Å². The number of carbonyl (C=O) groups excluding carboxylic acids is 1. The topological polar surface area (TPSA) is 50.2 Å². The Morgan fingerprint density at radius 1 is 1.00 bits per heavy atom. The molecule has 5 nitrogen and oxygen atoms in total. The predicted octanol–water partition coefficient (Wildman–Crippen LogP) is 2.89. The Balaban J connectivity index is 1.89. The quantitative estimate of drug-likeness (QED) is 0.714. The van der Waals surface area contributed by atoms with Gasteiger partial charge in [-0.2, -0.15) is 5.10 Å². The largest absolute Gasteiger partial charge is 0.353 e. The second-order valence-electron chi connectivity index (χ2n) is 6.45. The highest BCUT2D eigenvalue weighted by Crippen LogP contribution is 2.31. The van der Waals surface area contributed by atoms with Crippen molar-refractivity contribution in [2.45, 2.75) is 6.54 Å². The standard InChI is InChI=1S/C21H24N4O/c1-24(2)14-13-22-20(26)16-25-21(18-11-7-4-8-12-18)19(15-23-25)17-9-5-3-6-10-17/h3-12,15H,13-14,16H2,1-2H3,(H,22,26). The van der Waals surface area contributed by atoms with Gasteiger partial charge in [-0.1, -0.05) is 60.7 Å². The first kappa shape index (κ1) is 17.9. The van der Waals surface area contributed by atoms with E-state index >= 15 is 0 Å². The number of hydrogen-bond donors (Lipinski definition) is 1. The van der Waals surface area contributed by atoms with E-state index in [1.807, 2.05) is 73.7 Å². The van der Waals surface area contributed by atoms with Crippen LogP contribution in [0.3, 0.4) is 0 Å². The first-order valence-corrected chi connectivity index (χ1v) is 8.73. The van der Waals surface area contributed by atoms with Crippen molar-refractivity contribution in [1.29, 1.82) is 0 Å². The predicted molar refractivity (Wildman–Crippen MR) is 105 cm³/mol. The molecule has 0 saturated heterocycles. The van der Waals surface area contributed by atoms with Gasteiger partial charge in [0.15, 0.2) is 0 Å². The van der Waals surface area contributed by atoms with Crippen molar-refractivity contribution in [3.8, 4) is 22.4 Å². The lowest BCUT2D eigenvalue weighted by Gasteiger charge is -2.12. The highest BCUT2D eigenvalue weighted by Gasteiger charge is 2.16. The molecule has 3 rings (SSSR count). The van der Waals surface area contributed by atoms with Gasteiger partial charge in [-0.05, 0) is 19.7 Å². The van der Waals surface area contributed by atoms with Gasteiger partial charge in [-0.15, -0.1) is 0 Å². The van der Waals surface area contributed by atoms with Crippen molar-refractivity contribution >= 4 is 5.91 Å². The molecule has 134 valence electrons. The van der Waals surface area contributed by atoms with Crippen LogP contribution in [0.2, 0.25) is 0 Å². The Kier molecular flexibility index (Phi) is 5.81. The Bertz CT molecular complexity index is 841. The minimum Gasteiger partial charge on any atom is -0.353 e. The van der Waals surface area contributed by atoms with Crippen molar-refractivity contribution in [3.05, 3.63) is 66.9 Å². The molecule has 1 N–H and O–H groups in total. The molecule has 1 amide bonds. The third-order valence-corrected chi connectivity index (χ3v) is 4.15. The molecule has 0 aliphatic rings. The Hall–Kier alpha value is -2.92. The summed E-state index contributed by atoms with van der Waals surface area (Å²) in [4.78, 5) is 14.4. The van der Waals surface area contributed by atoms with Crippen LogP contribution in [0.4, 0.5) is 0 Å². The van der Waals surface area contributed by atoms with E-state index in [-0.39, 0.29) is 12.5 Å².